The molecule has 3 amide bonds. The second-order valence-corrected chi connectivity index (χ2v) is 13.9. The standard InChI is InChI=1S/C35H51N3O5/c1-9-19-36(22-25-15-13-12-14-16-25)30(40)27-28-31(41)38(26(23-39)21-24(4)5)29(32(42)37(20-10-2)33(6,7)8)35(28)18-17-34(27,11-3)43-35/h9-10,12-16,24,26-29,39H,1-2,11,17-23H2,3-8H3/t26-,27-,28+,29?,34+,35?/m1/s1. The van der Waals surface area contributed by atoms with Crippen LogP contribution in [-0.2, 0) is 25.7 Å². The van der Waals surface area contributed by atoms with Gasteiger partial charge in [-0.3, -0.25) is 14.4 Å². The fourth-order valence-electron chi connectivity index (χ4n) is 7.88. The smallest absolute Gasteiger partial charge is 0.249 e. The van der Waals surface area contributed by atoms with Crippen LogP contribution in [0.3, 0.4) is 0 Å². The molecule has 8 heteroatoms. The van der Waals surface area contributed by atoms with Gasteiger partial charge in [0.15, 0.2) is 0 Å². The van der Waals surface area contributed by atoms with Crippen molar-refractivity contribution >= 4 is 17.7 Å². The Morgan fingerprint density at radius 1 is 1.12 bits per heavy atom. The number of likely N-dealkylation sites (tertiary alicyclic amines) is 1. The Morgan fingerprint density at radius 3 is 2.30 bits per heavy atom. The maximum Gasteiger partial charge on any atom is 0.249 e. The summed E-state index contributed by atoms with van der Waals surface area (Å²) in [4.78, 5) is 49.2. The number of carbonyl (C=O) groups excluding carboxylic acids is 3. The third-order valence-corrected chi connectivity index (χ3v) is 9.73. The number of aliphatic hydroxyl groups is 1. The van der Waals surface area contributed by atoms with Crippen molar-refractivity contribution in [2.45, 2.75) is 103 Å². The molecular weight excluding hydrogens is 542 g/mol. The largest absolute Gasteiger partial charge is 0.394 e. The molecule has 3 saturated heterocycles. The number of carbonyl (C=O) groups is 3. The summed E-state index contributed by atoms with van der Waals surface area (Å²) >= 11 is 0. The Labute approximate surface area is 257 Å². The van der Waals surface area contributed by atoms with Crippen molar-refractivity contribution in [3.63, 3.8) is 0 Å². The molecule has 0 radical (unpaired) electrons. The van der Waals surface area contributed by atoms with Gasteiger partial charge in [-0.05, 0) is 57.9 Å². The average Bonchev–Trinajstić information content (AvgIpc) is 3.57. The SMILES string of the molecule is C=CCN(Cc1ccccc1)C(=O)[C@H]1[C@H]2C(=O)N([C@@H](CO)CC(C)C)C(C(=O)N(CC=C)C(C)(C)C)C23CC[C@]1(CC)O3. The van der Waals surface area contributed by atoms with Crippen molar-refractivity contribution in [2.24, 2.45) is 17.8 Å². The molecule has 3 fully saturated rings. The minimum Gasteiger partial charge on any atom is -0.394 e. The highest BCUT2D eigenvalue weighted by atomic mass is 16.5. The summed E-state index contributed by atoms with van der Waals surface area (Å²) in [5.74, 6) is -2.03. The Bertz CT molecular complexity index is 1210. The summed E-state index contributed by atoms with van der Waals surface area (Å²) in [6, 6.07) is 8.26. The van der Waals surface area contributed by atoms with Crippen LogP contribution in [0.5, 0.6) is 0 Å². The number of hydrogen-bond acceptors (Lipinski definition) is 5. The zero-order valence-corrected chi connectivity index (χ0v) is 26.9. The van der Waals surface area contributed by atoms with Crippen LogP contribution in [0.2, 0.25) is 0 Å². The lowest BCUT2D eigenvalue weighted by atomic mass is 9.64. The molecule has 6 atom stereocenters. The number of fused-ring (bicyclic) bond motifs is 1. The van der Waals surface area contributed by atoms with Gasteiger partial charge in [0.2, 0.25) is 17.7 Å². The maximum atomic E-state index is 14.8. The van der Waals surface area contributed by atoms with Crippen molar-refractivity contribution in [1.82, 2.24) is 14.7 Å². The van der Waals surface area contributed by atoms with E-state index in [0.717, 1.165) is 5.56 Å². The van der Waals surface area contributed by atoms with Crippen molar-refractivity contribution < 1.29 is 24.2 Å². The summed E-state index contributed by atoms with van der Waals surface area (Å²) in [6.45, 7) is 20.5. The number of nitrogens with zero attached hydrogens (tertiary/aromatic N) is 3. The molecule has 1 aromatic rings. The zero-order valence-electron chi connectivity index (χ0n) is 26.9. The highest BCUT2D eigenvalue weighted by molar-refractivity contribution is 5.99. The monoisotopic (exact) mass is 593 g/mol. The molecule has 1 N–H and O–H groups in total. The van der Waals surface area contributed by atoms with Crippen LogP contribution in [-0.4, -0.2) is 86.0 Å². The molecule has 2 bridgehead atoms. The molecule has 0 aromatic heterocycles. The Kier molecular flexibility index (Phi) is 9.62. The van der Waals surface area contributed by atoms with E-state index in [0.29, 0.717) is 45.3 Å². The fourth-order valence-corrected chi connectivity index (χ4v) is 7.88. The van der Waals surface area contributed by atoms with Crippen LogP contribution in [0, 0.1) is 17.8 Å². The average molecular weight is 594 g/mol. The van der Waals surface area contributed by atoms with Gasteiger partial charge in [0.1, 0.15) is 11.6 Å². The van der Waals surface area contributed by atoms with Gasteiger partial charge >= 0.3 is 0 Å². The Balaban J connectivity index is 1.85. The van der Waals surface area contributed by atoms with Crippen molar-refractivity contribution in [3.8, 4) is 0 Å². The summed E-state index contributed by atoms with van der Waals surface area (Å²) in [7, 11) is 0. The minimum atomic E-state index is -1.16. The molecule has 8 nitrogen and oxygen atoms in total. The molecule has 2 unspecified atom stereocenters. The first-order valence-electron chi connectivity index (χ1n) is 15.8. The molecule has 3 aliphatic heterocycles. The lowest BCUT2D eigenvalue weighted by Gasteiger charge is -2.43. The van der Waals surface area contributed by atoms with Gasteiger partial charge in [-0.2, -0.15) is 0 Å². The second kappa shape index (κ2) is 12.6. The molecule has 0 aliphatic carbocycles. The Hall–Kier alpha value is -2.97. The minimum absolute atomic E-state index is 0.151. The van der Waals surface area contributed by atoms with E-state index in [4.69, 9.17) is 4.74 Å². The van der Waals surface area contributed by atoms with Gasteiger partial charge in [-0.25, -0.2) is 0 Å². The first-order chi connectivity index (χ1) is 20.3. The maximum absolute atomic E-state index is 14.8. The normalized spacial score (nSPS) is 28.6. The number of ether oxygens (including phenoxy) is 1. The van der Waals surface area contributed by atoms with E-state index in [1.165, 1.54) is 0 Å². The predicted octanol–water partition coefficient (Wildman–Crippen LogP) is 4.58. The molecule has 43 heavy (non-hydrogen) atoms. The molecule has 3 heterocycles. The summed E-state index contributed by atoms with van der Waals surface area (Å²) in [5, 5.41) is 10.6. The molecule has 3 aliphatic rings. The third kappa shape index (κ3) is 5.68. The summed E-state index contributed by atoms with van der Waals surface area (Å²) in [6.07, 6.45) is 5.56. The van der Waals surface area contributed by atoms with Crippen LogP contribution in [0.15, 0.2) is 55.6 Å². The molecular formula is C35H51N3O5. The first-order valence-corrected chi connectivity index (χ1v) is 15.8. The van der Waals surface area contributed by atoms with Crippen LogP contribution in [0.25, 0.3) is 0 Å². The summed E-state index contributed by atoms with van der Waals surface area (Å²) < 4.78 is 7.02. The lowest BCUT2D eigenvalue weighted by molar-refractivity contribution is -0.160. The number of amides is 3. The van der Waals surface area contributed by atoms with E-state index in [1.807, 2.05) is 71.9 Å². The third-order valence-electron chi connectivity index (χ3n) is 9.73. The molecule has 0 saturated carbocycles. The van der Waals surface area contributed by atoms with Crippen LogP contribution >= 0.6 is 0 Å². The highest BCUT2D eigenvalue weighted by Crippen LogP contribution is 2.65. The van der Waals surface area contributed by atoms with Gasteiger partial charge in [-0.1, -0.05) is 63.3 Å². The van der Waals surface area contributed by atoms with E-state index in [1.54, 1.807) is 26.9 Å². The van der Waals surface area contributed by atoms with Gasteiger partial charge < -0.3 is 24.5 Å². The summed E-state index contributed by atoms with van der Waals surface area (Å²) in [5.41, 5.74) is -1.58. The predicted molar refractivity (Wildman–Crippen MR) is 168 cm³/mol. The Morgan fingerprint density at radius 2 is 1.77 bits per heavy atom. The highest BCUT2D eigenvalue weighted by Gasteiger charge is 2.79. The van der Waals surface area contributed by atoms with E-state index in [9.17, 15) is 19.5 Å². The fraction of sp³-hybridized carbons (Fsp3) is 0.629. The number of benzene rings is 1. The van der Waals surface area contributed by atoms with E-state index >= 15 is 0 Å². The van der Waals surface area contributed by atoms with Gasteiger partial charge in [0.25, 0.3) is 0 Å². The number of aliphatic hydroxyl groups excluding tert-OH is 1. The van der Waals surface area contributed by atoms with Crippen LogP contribution in [0.4, 0.5) is 0 Å². The van der Waals surface area contributed by atoms with Gasteiger partial charge in [-0.15, -0.1) is 13.2 Å². The first kappa shape index (κ1) is 32.9. The number of hydrogen-bond donors (Lipinski definition) is 1. The van der Waals surface area contributed by atoms with Crippen LogP contribution in [0.1, 0.15) is 72.8 Å². The van der Waals surface area contributed by atoms with Crippen molar-refractivity contribution in [1.29, 1.82) is 0 Å². The van der Waals surface area contributed by atoms with Crippen LogP contribution < -0.4 is 0 Å². The van der Waals surface area contributed by atoms with Crippen molar-refractivity contribution in [2.75, 3.05) is 19.7 Å². The van der Waals surface area contributed by atoms with Gasteiger partial charge in [0, 0.05) is 25.2 Å². The van der Waals surface area contributed by atoms with E-state index in [-0.39, 0.29) is 30.2 Å². The molecule has 1 spiro atoms. The zero-order chi connectivity index (χ0) is 31.7. The van der Waals surface area contributed by atoms with E-state index < -0.39 is 40.7 Å². The topological polar surface area (TPSA) is 90.4 Å². The second-order valence-electron chi connectivity index (χ2n) is 13.9. The number of rotatable bonds is 13. The molecule has 1 aromatic carbocycles. The lowest BCUT2D eigenvalue weighted by Crippen LogP contribution is -2.61. The van der Waals surface area contributed by atoms with Gasteiger partial charge in [0.05, 0.1) is 30.1 Å². The molecule has 236 valence electrons. The van der Waals surface area contributed by atoms with Crippen molar-refractivity contribution in [3.05, 3.63) is 61.2 Å². The molecule has 4 rings (SSSR count). The quantitative estimate of drug-likeness (QED) is 0.339. The van der Waals surface area contributed by atoms with E-state index in [2.05, 4.69) is 13.2 Å².